The van der Waals surface area contributed by atoms with Crippen molar-refractivity contribution in [2.24, 2.45) is 0 Å². The number of para-hydroxylation sites is 2. The molecular formula is C12H14N2O4. The lowest BCUT2D eigenvalue weighted by molar-refractivity contribution is -0.384. The number of nitro benzene ring substituents is 1. The van der Waals surface area contributed by atoms with Crippen LogP contribution in [0.2, 0.25) is 0 Å². The third-order valence-electron chi connectivity index (χ3n) is 3.18. The Balaban J connectivity index is 2.30. The topological polar surface area (TPSA) is 83.7 Å². The van der Waals surface area contributed by atoms with E-state index in [9.17, 15) is 14.9 Å². The summed E-state index contributed by atoms with van der Waals surface area (Å²) in [5, 5.41) is 19.8. The Morgan fingerprint density at radius 1 is 1.50 bits per heavy atom. The minimum Gasteiger partial charge on any atom is -0.481 e. The summed E-state index contributed by atoms with van der Waals surface area (Å²) in [4.78, 5) is 23.2. The Morgan fingerprint density at radius 2 is 2.22 bits per heavy atom. The third-order valence-corrected chi connectivity index (χ3v) is 3.18. The van der Waals surface area contributed by atoms with E-state index in [0.29, 0.717) is 12.2 Å². The van der Waals surface area contributed by atoms with Crippen molar-refractivity contribution >= 4 is 17.3 Å². The molecule has 0 aromatic heterocycles. The van der Waals surface area contributed by atoms with Crippen molar-refractivity contribution < 1.29 is 14.8 Å². The quantitative estimate of drug-likeness (QED) is 0.653. The van der Waals surface area contributed by atoms with Crippen molar-refractivity contribution in [3.05, 3.63) is 34.4 Å². The van der Waals surface area contributed by atoms with Gasteiger partial charge in [-0.15, -0.1) is 0 Å². The maximum Gasteiger partial charge on any atom is 0.305 e. The van der Waals surface area contributed by atoms with Crippen molar-refractivity contribution in [2.75, 3.05) is 11.4 Å². The average molecular weight is 250 g/mol. The average Bonchev–Trinajstić information content (AvgIpc) is 2.76. The van der Waals surface area contributed by atoms with Crippen LogP contribution in [0.1, 0.15) is 19.3 Å². The van der Waals surface area contributed by atoms with Crippen molar-refractivity contribution in [1.82, 2.24) is 0 Å². The molecule has 1 aliphatic rings. The second-order valence-corrected chi connectivity index (χ2v) is 4.33. The van der Waals surface area contributed by atoms with Gasteiger partial charge in [0.2, 0.25) is 0 Å². The van der Waals surface area contributed by atoms with Crippen molar-refractivity contribution in [1.29, 1.82) is 0 Å². The maximum absolute atomic E-state index is 11.0. The summed E-state index contributed by atoms with van der Waals surface area (Å²) in [5.41, 5.74) is 0.557. The Morgan fingerprint density at radius 3 is 2.89 bits per heavy atom. The van der Waals surface area contributed by atoms with E-state index in [1.807, 2.05) is 4.90 Å². The predicted molar refractivity (Wildman–Crippen MR) is 65.7 cm³/mol. The standard InChI is InChI=1S/C12H14N2O4/c15-12(16)8-9-4-3-7-13(9)10-5-1-2-6-11(10)14(17)18/h1-2,5-6,9H,3-4,7-8H2,(H,15,16)/t9-/m0/s1. The fourth-order valence-corrected chi connectivity index (χ4v) is 2.43. The monoisotopic (exact) mass is 250 g/mol. The summed E-state index contributed by atoms with van der Waals surface area (Å²) in [5.74, 6) is -0.870. The number of anilines is 1. The van der Waals surface area contributed by atoms with Gasteiger partial charge < -0.3 is 10.0 Å². The molecule has 1 atom stereocenters. The molecule has 1 aliphatic heterocycles. The van der Waals surface area contributed by atoms with Gasteiger partial charge in [-0.3, -0.25) is 14.9 Å². The van der Waals surface area contributed by atoms with Gasteiger partial charge in [-0.05, 0) is 18.9 Å². The van der Waals surface area contributed by atoms with Crippen LogP contribution in [0.25, 0.3) is 0 Å². The second-order valence-electron chi connectivity index (χ2n) is 4.33. The first kappa shape index (κ1) is 12.3. The zero-order chi connectivity index (χ0) is 13.1. The van der Waals surface area contributed by atoms with Crippen LogP contribution in [0, 0.1) is 10.1 Å². The molecule has 2 rings (SSSR count). The molecule has 1 aromatic rings. The van der Waals surface area contributed by atoms with Gasteiger partial charge in [0.15, 0.2) is 0 Å². The van der Waals surface area contributed by atoms with Crippen molar-refractivity contribution in [2.45, 2.75) is 25.3 Å². The molecule has 0 unspecified atom stereocenters. The first-order valence-electron chi connectivity index (χ1n) is 5.81. The van der Waals surface area contributed by atoms with Gasteiger partial charge in [0.05, 0.1) is 11.3 Å². The van der Waals surface area contributed by atoms with Gasteiger partial charge in [-0.25, -0.2) is 0 Å². The van der Waals surface area contributed by atoms with Gasteiger partial charge in [0, 0.05) is 18.7 Å². The fourth-order valence-electron chi connectivity index (χ4n) is 2.43. The van der Waals surface area contributed by atoms with Gasteiger partial charge in [-0.2, -0.15) is 0 Å². The van der Waals surface area contributed by atoms with E-state index in [0.717, 1.165) is 12.8 Å². The summed E-state index contributed by atoms with van der Waals surface area (Å²) in [6, 6.07) is 6.33. The summed E-state index contributed by atoms with van der Waals surface area (Å²) < 4.78 is 0. The number of nitro groups is 1. The Bertz CT molecular complexity index is 475. The van der Waals surface area contributed by atoms with Crippen molar-refractivity contribution in [3.8, 4) is 0 Å². The number of carboxylic acids is 1. The Hall–Kier alpha value is -2.11. The number of rotatable bonds is 4. The maximum atomic E-state index is 11.0. The molecule has 1 aromatic carbocycles. The van der Waals surface area contributed by atoms with Crippen LogP contribution in [0.15, 0.2) is 24.3 Å². The minimum absolute atomic E-state index is 0.0199. The lowest BCUT2D eigenvalue weighted by Crippen LogP contribution is -2.31. The molecule has 6 heteroatoms. The SMILES string of the molecule is O=C(O)C[C@@H]1CCCN1c1ccccc1[N+](=O)[O-]. The summed E-state index contributed by atoms with van der Waals surface area (Å²) >= 11 is 0. The number of carboxylic acid groups (broad SMARTS) is 1. The molecule has 6 nitrogen and oxygen atoms in total. The Labute approximate surface area is 104 Å². The van der Waals surface area contributed by atoms with E-state index in [2.05, 4.69) is 0 Å². The predicted octanol–water partition coefficient (Wildman–Crippen LogP) is 2.04. The molecule has 1 N–H and O–H groups in total. The largest absolute Gasteiger partial charge is 0.481 e. The van der Waals surface area contributed by atoms with Gasteiger partial charge in [-0.1, -0.05) is 12.1 Å². The lowest BCUT2D eigenvalue weighted by Gasteiger charge is -2.25. The normalized spacial score (nSPS) is 18.9. The van der Waals surface area contributed by atoms with Crippen LogP contribution in [0.5, 0.6) is 0 Å². The third kappa shape index (κ3) is 2.42. The van der Waals surface area contributed by atoms with Crippen LogP contribution in [0.4, 0.5) is 11.4 Å². The highest BCUT2D eigenvalue weighted by Crippen LogP contribution is 2.34. The molecule has 0 spiro atoms. The molecule has 0 bridgehead atoms. The first-order valence-corrected chi connectivity index (χ1v) is 5.81. The summed E-state index contributed by atoms with van der Waals surface area (Å²) in [6.07, 6.45) is 1.65. The van der Waals surface area contributed by atoms with Crippen LogP contribution < -0.4 is 4.90 Å². The zero-order valence-corrected chi connectivity index (χ0v) is 9.78. The number of carbonyl (C=O) groups is 1. The van der Waals surface area contributed by atoms with E-state index < -0.39 is 10.9 Å². The number of benzene rings is 1. The molecule has 0 aliphatic carbocycles. The summed E-state index contributed by atoms with van der Waals surface area (Å²) in [6.45, 7) is 0.669. The van der Waals surface area contributed by atoms with E-state index in [1.165, 1.54) is 6.07 Å². The van der Waals surface area contributed by atoms with E-state index >= 15 is 0 Å². The van der Waals surface area contributed by atoms with Gasteiger partial charge in [0.25, 0.3) is 5.69 Å². The lowest BCUT2D eigenvalue weighted by atomic mass is 10.1. The number of nitrogens with zero attached hydrogens (tertiary/aromatic N) is 2. The number of hydrogen-bond acceptors (Lipinski definition) is 4. The van der Waals surface area contributed by atoms with Gasteiger partial charge in [0.1, 0.15) is 5.69 Å². The molecule has 0 radical (unpaired) electrons. The second kappa shape index (κ2) is 5.03. The molecule has 1 saturated heterocycles. The van der Waals surface area contributed by atoms with E-state index in [-0.39, 0.29) is 18.2 Å². The van der Waals surface area contributed by atoms with Crippen molar-refractivity contribution in [3.63, 3.8) is 0 Å². The molecule has 0 saturated carbocycles. The molecule has 96 valence electrons. The Kier molecular flexibility index (Phi) is 3.45. The van der Waals surface area contributed by atoms with E-state index in [1.54, 1.807) is 18.2 Å². The number of aliphatic carboxylic acids is 1. The zero-order valence-electron chi connectivity index (χ0n) is 9.78. The minimum atomic E-state index is -0.870. The molecule has 18 heavy (non-hydrogen) atoms. The highest BCUT2D eigenvalue weighted by molar-refractivity contribution is 5.70. The molecule has 1 fully saturated rings. The summed E-state index contributed by atoms with van der Waals surface area (Å²) in [7, 11) is 0. The van der Waals surface area contributed by atoms with E-state index in [4.69, 9.17) is 5.11 Å². The molecular weight excluding hydrogens is 236 g/mol. The smallest absolute Gasteiger partial charge is 0.305 e. The first-order chi connectivity index (χ1) is 8.59. The van der Waals surface area contributed by atoms with Crippen LogP contribution >= 0.6 is 0 Å². The van der Waals surface area contributed by atoms with Crippen LogP contribution in [-0.4, -0.2) is 28.6 Å². The van der Waals surface area contributed by atoms with Crippen LogP contribution in [-0.2, 0) is 4.79 Å². The fraction of sp³-hybridized carbons (Fsp3) is 0.417. The van der Waals surface area contributed by atoms with Crippen LogP contribution in [0.3, 0.4) is 0 Å². The number of hydrogen-bond donors (Lipinski definition) is 1. The highest BCUT2D eigenvalue weighted by Gasteiger charge is 2.30. The molecule has 1 heterocycles. The highest BCUT2D eigenvalue weighted by atomic mass is 16.6. The molecule has 0 amide bonds. The van der Waals surface area contributed by atoms with Gasteiger partial charge >= 0.3 is 5.97 Å².